The van der Waals surface area contributed by atoms with Crippen LogP contribution in [-0.2, 0) is 4.79 Å². The first-order chi connectivity index (χ1) is 9.95. The van der Waals surface area contributed by atoms with Crippen molar-refractivity contribution in [3.63, 3.8) is 0 Å². The summed E-state index contributed by atoms with van der Waals surface area (Å²) in [6, 6.07) is 8.39. The first-order valence-corrected chi connectivity index (χ1v) is 6.78. The molecule has 0 aliphatic rings. The largest absolute Gasteiger partial charge is 0.478 e. The standard InChI is InChI=1S/C14H12BrN3O3/c1-8(19)17-10-3-2-4-11(6-10)18-13-12(14(20)21)5-9(15)7-16-13/h2-7H,1H3,(H,16,18)(H,17,19)(H,20,21). The van der Waals surface area contributed by atoms with Crippen molar-refractivity contribution in [2.24, 2.45) is 0 Å². The fourth-order valence-corrected chi connectivity index (χ4v) is 2.05. The second-order valence-corrected chi connectivity index (χ2v) is 5.16. The van der Waals surface area contributed by atoms with Crippen molar-refractivity contribution in [3.8, 4) is 0 Å². The molecule has 0 spiro atoms. The Morgan fingerprint density at radius 3 is 2.62 bits per heavy atom. The monoisotopic (exact) mass is 349 g/mol. The van der Waals surface area contributed by atoms with Crippen LogP contribution in [0.4, 0.5) is 17.2 Å². The maximum absolute atomic E-state index is 11.2. The molecule has 0 saturated carbocycles. The quantitative estimate of drug-likeness (QED) is 0.787. The van der Waals surface area contributed by atoms with Gasteiger partial charge in [-0.05, 0) is 40.2 Å². The van der Waals surface area contributed by atoms with Crippen molar-refractivity contribution in [1.82, 2.24) is 4.98 Å². The number of carbonyl (C=O) groups excluding carboxylic acids is 1. The molecule has 0 saturated heterocycles. The third-order valence-electron chi connectivity index (χ3n) is 2.53. The fourth-order valence-electron chi connectivity index (χ4n) is 1.72. The summed E-state index contributed by atoms with van der Waals surface area (Å²) in [7, 11) is 0. The average molecular weight is 350 g/mol. The third-order valence-corrected chi connectivity index (χ3v) is 2.96. The van der Waals surface area contributed by atoms with Gasteiger partial charge in [-0.15, -0.1) is 0 Å². The summed E-state index contributed by atoms with van der Waals surface area (Å²) < 4.78 is 0.581. The Balaban J connectivity index is 2.30. The first-order valence-electron chi connectivity index (χ1n) is 5.99. The van der Waals surface area contributed by atoms with Gasteiger partial charge in [-0.2, -0.15) is 0 Å². The van der Waals surface area contributed by atoms with Crippen molar-refractivity contribution < 1.29 is 14.7 Å². The van der Waals surface area contributed by atoms with E-state index in [1.807, 2.05) is 0 Å². The second-order valence-electron chi connectivity index (χ2n) is 4.24. The van der Waals surface area contributed by atoms with Gasteiger partial charge in [-0.3, -0.25) is 4.79 Å². The molecule has 21 heavy (non-hydrogen) atoms. The molecule has 0 aliphatic carbocycles. The maximum Gasteiger partial charge on any atom is 0.339 e. The number of amides is 1. The highest BCUT2D eigenvalue weighted by molar-refractivity contribution is 9.10. The Morgan fingerprint density at radius 1 is 1.24 bits per heavy atom. The summed E-state index contributed by atoms with van der Waals surface area (Å²) in [5, 5.41) is 14.8. The smallest absolute Gasteiger partial charge is 0.339 e. The summed E-state index contributed by atoms with van der Waals surface area (Å²) in [5.74, 6) is -1.03. The normalized spacial score (nSPS) is 10.0. The summed E-state index contributed by atoms with van der Waals surface area (Å²) in [4.78, 5) is 26.3. The van der Waals surface area contributed by atoms with Crippen LogP contribution in [0.15, 0.2) is 41.0 Å². The lowest BCUT2D eigenvalue weighted by Crippen LogP contribution is -2.07. The van der Waals surface area contributed by atoms with Crippen LogP contribution in [-0.4, -0.2) is 22.0 Å². The number of carboxylic acid groups (broad SMARTS) is 1. The molecular weight excluding hydrogens is 338 g/mol. The number of carbonyl (C=O) groups is 2. The number of pyridine rings is 1. The van der Waals surface area contributed by atoms with E-state index in [2.05, 4.69) is 31.5 Å². The molecule has 7 heteroatoms. The molecule has 1 aromatic heterocycles. The lowest BCUT2D eigenvalue weighted by molar-refractivity contribution is -0.114. The topological polar surface area (TPSA) is 91.3 Å². The molecule has 3 N–H and O–H groups in total. The van der Waals surface area contributed by atoms with Crippen molar-refractivity contribution in [2.45, 2.75) is 6.92 Å². The molecule has 0 fully saturated rings. The summed E-state index contributed by atoms with van der Waals surface area (Å²) >= 11 is 3.19. The Labute approximate surface area is 129 Å². The van der Waals surface area contributed by atoms with Gasteiger partial charge >= 0.3 is 5.97 Å². The molecule has 1 heterocycles. The molecule has 0 radical (unpaired) electrons. The Bertz CT molecular complexity index is 704. The van der Waals surface area contributed by atoms with E-state index in [1.54, 1.807) is 24.3 Å². The molecule has 0 aliphatic heterocycles. The zero-order valence-corrected chi connectivity index (χ0v) is 12.6. The van der Waals surface area contributed by atoms with E-state index in [1.165, 1.54) is 19.2 Å². The van der Waals surface area contributed by atoms with Crippen LogP contribution in [0.25, 0.3) is 0 Å². The fraction of sp³-hybridized carbons (Fsp3) is 0.0714. The number of aromatic nitrogens is 1. The van der Waals surface area contributed by atoms with Gasteiger partial charge in [0.1, 0.15) is 11.4 Å². The minimum Gasteiger partial charge on any atom is -0.478 e. The van der Waals surface area contributed by atoms with E-state index in [-0.39, 0.29) is 17.3 Å². The van der Waals surface area contributed by atoms with Gasteiger partial charge in [0, 0.05) is 29.0 Å². The lowest BCUT2D eigenvalue weighted by atomic mass is 10.2. The number of halogens is 1. The van der Waals surface area contributed by atoms with Crippen LogP contribution in [0.1, 0.15) is 17.3 Å². The number of hydrogen-bond acceptors (Lipinski definition) is 4. The van der Waals surface area contributed by atoms with E-state index in [0.717, 1.165) is 0 Å². The number of hydrogen-bond donors (Lipinski definition) is 3. The van der Waals surface area contributed by atoms with Gasteiger partial charge in [-0.1, -0.05) is 6.07 Å². The van der Waals surface area contributed by atoms with E-state index < -0.39 is 5.97 Å². The van der Waals surface area contributed by atoms with Crippen LogP contribution in [0, 0.1) is 0 Å². The minimum atomic E-state index is -1.08. The molecule has 1 aromatic carbocycles. The SMILES string of the molecule is CC(=O)Nc1cccc(Nc2ncc(Br)cc2C(=O)O)c1. The average Bonchev–Trinajstić information content (AvgIpc) is 2.40. The number of nitrogens with zero attached hydrogens (tertiary/aromatic N) is 1. The Hall–Kier alpha value is -2.41. The van der Waals surface area contributed by atoms with Gasteiger partial charge in [0.05, 0.1) is 0 Å². The van der Waals surface area contributed by atoms with E-state index in [9.17, 15) is 14.7 Å². The van der Waals surface area contributed by atoms with E-state index in [4.69, 9.17) is 0 Å². The van der Waals surface area contributed by atoms with Crippen molar-refractivity contribution in [3.05, 3.63) is 46.6 Å². The molecular formula is C14H12BrN3O3. The van der Waals surface area contributed by atoms with Crippen LogP contribution in [0.5, 0.6) is 0 Å². The summed E-state index contributed by atoms with van der Waals surface area (Å²) in [5.41, 5.74) is 1.29. The first kappa shape index (κ1) is 15.0. The zero-order valence-electron chi connectivity index (χ0n) is 11.1. The van der Waals surface area contributed by atoms with Crippen LogP contribution >= 0.6 is 15.9 Å². The third kappa shape index (κ3) is 4.03. The number of carboxylic acids is 1. The molecule has 0 bridgehead atoms. The van der Waals surface area contributed by atoms with Gasteiger partial charge in [0.15, 0.2) is 0 Å². The maximum atomic E-state index is 11.2. The molecule has 1 amide bonds. The van der Waals surface area contributed by atoms with Crippen LogP contribution < -0.4 is 10.6 Å². The van der Waals surface area contributed by atoms with Crippen LogP contribution in [0.3, 0.4) is 0 Å². The molecule has 2 aromatic rings. The van der Waals surface area contributed by atoms with E-state index in [0.29, 0.717) is 15.8 Å². The van der Waals surface area contributed by atoms with Gasteiger partial charge in [0.2, 0.25) is 5.91 Å². The molecule has 0 unspecified atom stereocenters. The van der Waals surface area contributed by atoms with Crippen molar-refractivity contribution >= 4 is 45.0 Å². The van der Waals surface area contributed by atoms with Gasteiger partial charge in [-0.25, -0.2) is 9.78 Å². The highest BCUT2D eigenvalue weighted by Gasteiger charge is 2.12. The molecule has 108 valence electrons. The van der Waals surface area contributed by atoms with Crippen molar-refractivity contribution in [1.29, 1.82) is 0 Å². The van der Waals surface area contributed by atoms with Crippen LogP contribution in [0.2, 0.25) is 0 Å². The van der Waals surface area contributed by atoms with E-state index >= 15 is 0 Å². The highest BCUT2D eigenvalue weighted by atomic mass is 79.9. The Morgan fingerprint density at radius 2 is 1.95 bits per heavy atom. The molecule has 2 rings (SSSR count). The lowest BCUT2D eigenvalue weighted by Gasteiger charge is -2.10. The molecule has 0 atom stereocenters. The minimum absolute atomic E-state index is 0.0503. The number of rotatable bonds is 4. The Kier molecular flexibility index (Phi) is 4.54. The number of benzene rings is 1. The second kappa shape index (κ2) is 6.36. The predicted octanol–water partition coefficient (Wildman–Crippen LogP) is 3.24. The summed E-state index contributed by atoms with van der Waals surface area (Å²) in [6.07, 6.45) is 1.51. The van der Waals surface area contributed by atoms with Gasteiger partial charge < -0.3 is 15.7 Å². The number of aromatic carboxylic acids is 1. The number of nitrogens with one attached hydrogen (secondary N) is 2. The number of anilines is 3. The van der Waals surface area contributed by atoms with Crippen molar-refractivity contribution in [2.75, 3.05) is 10.6 Å². The van der Waals surface area contributed by atoms with Gasteiger partial charge in [0.25, 0.3) is 0 Å². The highest BCUT2D eigenvalue weighted by Crippen LogP contribution is 2.23. The molecule has 6 nitrogen and oxygen atoms in total. The predicted molar refractivity (Wildman–Crippen MR) is 82.9 cm³/mol. The zero-order chi connectivity index (χ0) is 15.4. The summed E-state index contributed by atoms with van der Waals surface area (Å²) in [6.45, 7) is 1.42.